The summed E-state index contributed by atoms with van der Waals surface area (Å²) in [6.45, 7) is 0.499. The number of aliphatic hydroxyl groups is 1. The van der Waals surface area contributed by atoms with Gasteiger partial charge in [0.1, 0.15) is 0 Å². The smallest absolute Gasteiger partial charge is 0.216 e. The van der Waals surface area contributed by atoms with Crippen molar-refractivity contribution in [1.82, 2.24) is 4.98 Å². The fraction of sp³-hybridized carbons (Fsp3) is 0.545. The van der Waals surface area contributed by atoms with Crippen LogP contribution in [0.2, 0.25) is 0 Å². The number of hydrogen-bond donors (Lipinski definition) is 2. The summed E-state index contributed by atoms with van der Waals surface area (Å²) in [5, 5.41) is 9.48. The first-order valence-electron chi connectivity index (χ1n) is 5.19. The third-order valence-corrected chi connectivity index (χ3v) is 3.66. The summed E-state index contributed by atoms with van der Waals surface area (Å²) in [5.74, 6) is 0.598. The highest BCUT2D eigenvalue weighted by atomic mass is 79.9. The Morgan fingerprint density at radius 2 is 2.38 bits per heavy atom. The fourth-order valence-corrected chi connectivity index (χ4v) is 2.64. The molecule has 0 unspecified atom stereocenters. The topological polar surface area (TPSA) is 68.4 Å². The summed E-state index contributed by atoms with van der Waals surface area (Å²) in [4.78, 5) is 4.21. The molecule has 16 heavy (non-hydrogen) atoms. The van der Waals surface area contributed by atoms with Gasteiger partial charge in [-0.25, -0.2) is 4.98 Å². The van der Waals surface area contributed by atoms with Crippen LogP contribution in [0.5, 0.6) is 5.88 Å². The summed E-state index contributed by atoms with van der Waals surface area (Å²) >= 11 is 3.39. The van der Waals surface area contributed by atoms with E-state index in [9.17, 15) is 5.11 Å². The maximum atomic E-state index is 9.48. The van der Waals surface area contributed by atoms with Crippen molar-refractivity contribution in [1.29, 1.82) is 0 Å². The van der Waals surface area contributed by atoms with Gasteiger partial charge in [0, 0.05) is 28.2 Å². The largest absolute Gasteiger partial charge is 0.481 e. The second kappa shape index (κ2) is 4.31. The minimum atomic E-state index is -0.257. The van der Waals surface area contributed by atoms with Crippen LogP contribution in [0.15, 0.2) is 16.7 Å². The highest BCUT2D eigenvalue weighted by Gasteiger charge is 2.45. The van der Waals surface area contributed by atoms with Crippen molar-refractivity contribution in [2.24, 2.45) is 5.73 Å². The zero-order valence-electron chi connectivity index (χ0n) is 9.11. The van der Waals surface area contributed by atoms with Crippen molar-refractivity contribution in [3.05, 3.63) is 22.3 Å². The number of rotatable bonds is 3. The van der Waals surface area contributed by atoms with Crippen molar-refractivity contribution >= 4 is 15.9 Å². The van der Waals surface area contributed by atoms with Crippen LogP contribution in [0.4, 0.5) is 0 Å². The van der Waals surface area contributed by atoms with Crippen molar-refractivity contribution in [2.75, 3.05) is 13.7 Å². The molecule has 2 rings (SSSR count). The maximum Gasteiger partial charge on any atom is 0.216 e. The second-order valence-electron chi connectivity index (χ2n) is 4.26. The van der Waals surface area contributed by atoms with Gasteiger partial charge in [-0.05, 0) is 34.8 Å². The summed E-state index contributed by atoms with van der Waals surface area (Å²) < 4.78 is 6.15. The van der Waals surface area contributed by atoms with Crippen LogP contribution in [0, 0.1) is 0 Å². The number of pyridine rings is 1. The van der Waals surface area contributed by atoms with Gasteiger partial charge in [-0.3, -0.25) is 0 Å². The highest BCUT2D eigenvalue weighted by Crippen LogP contribution is 2.46. The Labute approximate surface area is 103 Å². The lowest BCUT2D eigenvalue weighted by Gasteiger charge is -2.45. The number of halogens is 1. The van der Waals surface area contributed by atoms with Gasteiger partial charge in [-0.15, -0.1) is 0 Å². The molecule has 0 bridgehead atoms. The average molecular weight is 287 g/mol. The molecule has 0 amide bonds. The number of aromatic nitrogens is 1. The Morgan fingerprint density at radius 3 is 2.88 bits per heavy atom. The third kappa shape index (κ3) is 1.83. The molecule has 1 aliphatic rings. The summed E-state index contributed by atoms with van der Waals surface area (Å²) in [6, 6.07) is 1.98. The average Bonchev–Trinajstić information content (AvgIpc) is 2.24. The molecule has 0 saturated heterocycles. The SMILES string of the molecule is COc1ncc(Br)cc1C1(CN)CC(O)C1. The van der Waals surface area contributed by atoms with E-state index in [1.54, 1.807) is 13.3 Å². The molecule has 1 aromatic heterocycles. The Morgan fingerprint density at radius 1 is 1.69 bits per heavy atom. The lowest BCUT2D eigenvalue weighted by Crippen LogP contribution is -2.50. The lowest BCUT2D eigenvalue weighted by molar-refractivity contribution is 0.0208. The standard InChI is InChI=1S/C11H15BrN2O2/c1-16-10-9(2-7(12)5-14-10)11(6-13)3-8(15)4-11/h2,5,8,15H,3-4,6,13H2,1H3. The van der Waals surface area contributed by atoms with E-state index >= 15 is 0 Å². The van der Waals surface area contributed by atoms with Gasteiger partial charge >= 0.3 is 0 Å². The van der Waals surface area contributed by atoms with E-state index < -0.39 is 0 Å². The van der Waals surface area contributed by atoms with Crippen LogP contribution in [0.1, 0.15) is 18.4 Å². The number of aliphatic hydroxyl groups excluding tert-OH is 1. The van der Waals surface area contributed by atoms with Crippen molar-refractivity contribution in [3.63, 3.8) is 0 Å². The molecule has 3 N–H and O–H groups in total. The van der Waals surface area contributed by atoms with Crippen LogP contribution in [-0.4, -0.2) is 29.8 Å². The molecule has 5 heteroatoms. The van der Waals surface area contributed by atoms with Crippen LogP contribution in [0.3, 0.4) is 0 Å². The highest BCUT2D eigenvalue weighted by molar-refractivity contribution is 9.10. The van der Waals surface area contributed by atoms with Crippen LogP contribution < -0.4 is 10.5 Å². The van der Waals surface area contributed by atoms with Gasteiger partial charge in [-0.2, -0.15) is 0 Å². The minimum Gasteiger partial charge on any atom is -0.481 e. The Bertz CT molecular complexity index is 392. The monoisotopic (exact) mass is 286 g/mol. The fourth-order valence-electron chi connectivity index (χ4n) is 2.31. The Balaban J connectivity index is 2.41. The van der Waals surface area contributed by atoms with Gasteiger partial charge in [0.25, 0.3) is 0 Å². The minimum absolute atomic E-state index is 0.179. The Kier molecular flexibility index (Phi) is 3.19. The zero-order chi connectivity index (χ0) is 11.8. The summed E-state index contributed by atoms with van der Waals surface area (Å²) in [5.41, 5.74) is 6.63. The molecule has 88 valence electrons. The van der Waals surface area contributed by atoms with E-state index in [4.69, 9.17) is 10.5 Å². The normalized spacial score (nSPS) is 28.6. The van der Waals surface area contributed by atoms with Crippen molar-refractivity contribution < 1.29 is 9.84 Å². The van der Waals surface area contributed by atoms with E-state index in [2.05, 4.69) is 20.9 Å². The van der Waals surface area contributed by atoms with Gasteiger partial charge < -0.3 is 15.6 Å². The van der Waals surface area contributed by atoms with Gasteiger partial charge in [-0.1, -0.05) is 0 Å². The molecule has 0 spiro atoms. The molecule has 0 aromatic carbocycles. The predicted molar refractivity (Wildman–Crippen MR) is 64.5 cm³/mol. The van der Waals surface area contributed by atoms with Crippen LogP contribution in [-0.2, 0) is 5.41 Å². The number of methoxy groups -OCH3 is 1. The van der Waals surface area contributed by atoms with E-state index in [-0.39, 0.29) is 11.5 Å². The lowest BCUT2D eigenvalue weighted by atomic mass is 9.63. The number of hydrogen-bond acceptors (Lipinski definition) is 4. The first-order chi connectivity index (χ1) is 7.61. The van der Waals surface area contributed by atoms with Gasteiger partial charge in [0.15, 0.2) is 0 Å². The quantitative estimate of drug-likeness (QED) is 0.876. The van der Waals surface area contributed by atoms with E-state index in [0.717, 1.165) is 10.0 Å². The Hall–Kier alpha value is -0.650. The zero-order valence-corrected chi connectivity index (χ0v) is 10.7. The molecule has 1 fully saturated rings. The second-order valence-corrected chi connectivity index (χ2v) is 5.17. The first-order valence-corrected chi connectivity index (χ1v) is 5.99. The maximum absolute atomic E-state index is 9.48. The van der Waals surface area contributed by atoms with E-state index in [0.29, 0.717) is 25.3 Å². The van der Waals surface area contributed by atoms with Gasteiger partial charge in [0.05, 0.1) is 13.2 Å². The first kappa shape index (κ1) is 11.8. The summed E-state index contributed by atoms with van der Waals surface area (Å²) in [6.07, 6.45) is 2.80. The molecular formula is C11H15BrN2O2. The molecule has 4 nitrogen and oxygen atoms in total. The molecule has 1 heterocycles. The van der Waals surface area contributed by atoms with Crippen LogP contribution in [0.25, 0.3) is 0 Å². The number of nitrogens with two attached hydrogens (primary N) is 1. The third-order valence-electron chi connectivity index (χ3n) is 3.23. The van der Waals surface area contributed by atoms with Crippen molar-refractivity contribution in [3.8, 4) is 5.88 Å². The molecule has 1 saturated carbocycles. The number of nitrogens with zero attached hydrogens (tertiary/aromatic N) is 1. The van der Waals surface area contributed by atoms with Gasteiger partial charge in [0.2, 0.25) is 5.88 Å². The van der Waals surface area contributed by atoms with E-state index in [1.807, 2.05) is 6.07 Å². The molecule has 0 radical (unpaired) electrons. The molecule has 1 aliphatic carbocycles. The molecular weight excluding hydrogens is 272 g/mol. The molecule has 0 atom stereocenters. The van der Waals surface area contributed by atoms with Crippen LogP contribution >= 0.6 is 15.9 Å². The molecule has 1 aromatic rings. The predicted octanol–water partition coefficient (Wildman–Crippen LogP) is 1.20. The molecule has 0 aliphatic heterocycles. The summed E-state index contributed by atoms with van der Waals surface area (Å²) in [7, 11) is 1.60. The van der Waals surface area contributed by atoms with E-state index in [1.165, 1.54) is 0 Å². The number of ether oxygens (including phenoxy) is 1. The van der Waals surface area contributed by atoms with Crippen molar-refractivity contribution in [2.45, 2.75) is 24.4 Å².